The number of benzene rings is 1. The van der Waals surface area contributed by atoms with Crippen molar-refractivity contribution in [2.24, 2.45) is 5.92 Å². The van der Waals surface area contributed by atoms with Crippen LogP contribution in [0.15, 0.2) is 35.3 Å². The summed E-state index contributed by atoms with van der Waals surface area (Å²) in [5.41, 5.74) is 1.87. The first-order chi connectivity index (χ1) is 18.2. The second-order valence-corrected chi connectivity index (χ2v) is 10.8. The molecule has 1 fully saturated rings. The number of rotatable bonds is 5. The fraction of sp³-hybridized carbons (Fsp3) is 0.483. The van der Waals surface area contributed by atoms with Crippen LogP contribution in [0.2, 0.25) is 0 Å². The molecule has 1 aromatic carbocycles. The molecule has 202 valence electrons. The molecule has 0 bridgehead atoms. The van der Waals surface area contributed by atoms with Gasteiger partial charge in [0, 0.05) is 30.9 Å². The Balaban J connectivity index is 1.75. The van der Waals surface area contributed by atoms with E-state index in [1.165, 1.54) is 30.0 Å². The third-order valence-electron chi connectivity index (χ3n) is 7.80. The van der Waals surface area contributed by atoms with Crippen LogP contribution in [0.4, 0.5) is 20.3 Å². The van der Waals surface area contributed by atoms with Crippen LogP contribution in [0.3, 0.4) is 0 Å². The molecule has 4 heterocycles. The van der Waals surface area contributed by atoms with E-state index in [9.17, 15) is 4.79 Å². The number of nitrogens with zero attached hydrogens (tertiary/aromatic N) is 5. The number of pyridine rings is 1. The molecule has 0 unspecified atom stereocenters. The molecule has 7 nitrogen and oxygen atoms in total. The Kier molecular flexibility index (Phi) is 7.11. The molecule has 5 rings (SSSR count). The summed E-state index contributed by atoms with van der Waals surface area (Å²) in [6.07, 6.45) is 4.07. The fourth-order valence-corrected chi connectivity index (χ4v) is 5.82. The van der Waals surface area contributed by atoms with Gasteiger partial charge in [0.1, 0.15) is 28.8 Å². The van der Waals surface area contributed by atoms with E-state index < -0.39 is 17.3 Å². The van der Waals surface area contributed by atoms with E-state index in [0.29, 0.717) is 47.5 Å². The zero-order valence-electron chi connectivity index (χ0n) is 22.7. The summed E-state index contributed by atoms with van der Waals surface area (Å²) < 4.78 is 37.5. The highest BCUT2D eigenvalue weighted by Gasteiger charge is 2.34. The largest absolute Gasteiger partial charge is 0.494 e. The predicted molar refractivity (Wildman–Crippen MR) is 145 cm³/mol. The summed E-state index contributed by atoms with van der Waals surface area (Å²) in [5.74, 6) is 0.462. The average molecular weight is 524 g/mol. The molecule has 38 heavy (non-hydrogen) atoms. The molecule has 0 aliphatic carbocycles. The SMILES string of the molecule is COc1cccc(F)c1N1CCc2c(N3C[C@@H](C)CC[C@@H]3C)nc(=O)n(-c3c(F)ccnc3C(C)C)c2C1. The van der Waals surface area contributed by atoms with Gasteiger partial charge in [-0.15, -0.1) is 0 Å². The first-order valence-corrected chi connectivity index (χ1v) is 13.3. The molecule has 2 atom stereocenters. The molecule has 0 radical (unpaired) electrons. The van der Waals surface area contributed by atoms with Gasteiger partial charge in [0.25, 0.3) is 0 Å². The molecular weight excluding hydrogens is 488 g/mol. The van der Waals surface area contributed by atoms with E-state index in [1.807, 2.05) is 18.7 Å². The van der Waals surface area contributed by atoms with Crippen LogP contribution in [0.25, 0.3) is 5.69 Å². The fourth-order valence-electron chi connectivity index (χ4n) is 5.82. The van der Waals surface area contributed by atoms with E-state index in [-0.39, 0.29) is 24.2 Å². The van der Waals surface area contributed by atoms with Gasteiger partial charge in [0.15, 0.2) is 5.82 Å². The lowest BCUT2D eigenvalue weighted by Crippen LogP contribution is -2.46. The van der Waals surface area contributed by atoms with Gasteiger partial charge < -0.3 is 14.5 Å². The molecule has 0 spiro atoms. The van der Waals surface area contributed by atoms with Crippen molar-refractivity contribution in [3.05, 3.63) is 69.5 Å². The molecule has 2 aliphatic heterocycles. The van der Waals surface area contributed by atoms with E-state index in [2.05, 4.69) is 28.7 Å². The van der Waals surface area contributed by atoms with Crippen LogP contribution in [0.1, 0.15) is 63.4 Å². The van der Waals surface area contributed by atoms with Crippen molar-refractivity contribution < 1.29 is 13.5 Å². The summed E-state index contributed by atoms with van der Waals surface area (Å²) in [6, 6.07) is 6.21. The normalized spacial score (nSPS) is 19.6. The summed E-state index contributed by atoms with van der Waals surface area (Å²) in [4.78, 5) is 26.9. The minimum Gasteiger partial charge on any atom is -0.494 e. The molecular formula is C29H35F2N5O2. The van der Waals surface area contributed by atoms with E-state index in [4.69, 9.17) is 4.74 Å². The van der Waals surface area contributed by atoms with Crippen LogP contribution in [0.5, 0.6) is 5.75 Å². The minimum absolute atomic E-state index is 0.116. The summed E-state index contributed by atoms with van der Waals surface area (Å²) in [5, 5.41) is 0. The highest BCUT2D eigenvalue weighted by molar-refractivity contribution is 5.63. The van der Waals surface area contributed by atoms with Crippen LogP contribution in [-0.2, 0) is 13.0 Å². The number of fused-ring (bicyclic) bond motifs is 1. The van der Waals surface area contributed by atoms with Crippen LogP contribution >= 0.6 is 0 Å². The highest BCUT2D eigenvalue weighted by atomic mass is 19.1. The third-order valence-corrected chi connectivity index (χ3v) is 7.80. The van der Waals surface area contributed by atoms with Crippen molar-refractivity contribution in [2.45, 2.75) is 65.5 Å². The average Bonchev–Trinajstić information content (AvgIpc) is 2.89. The van der Waals surface area contributed by atoms with Crippen molar-refractivity contribution in [1.82, 2.24) is 14.5 Å². The Hall–Kier alpha value is -3.49. The number of halogens is 2. The van der Waals surface area contributed by atoms with Crippen molar-refractivity contribution in [3.63, 3.8) is 0 Å². The van der Waals surface area contributed by atoms with Crippen LogP contribution < -0.4 is 20.2 Å². The Labute approximate surface area is 222 Å². The zero-order chi connectivity index (χ0) is 27.1. The smallest absolute Gasteiger partial charge is 0.354 e. The second-order valence-electron chi connectivity index (χ2n) is 10.8. The third kappa shape index (κ3) is 4.52. The molecule has 9 heteroatoms. The van der Waals surface area contributed by atoms with E-state index in [0.717, 1.165) is 24.9 Å². The second kappa shape index (κ2) is 10.3. The van der Waals surface area contributed by atoms with Crippen LogP contribution in [0, 0.1) is 17.6 Å². The molecule has 0 saturated carbocycles. The first kappa shape index (κ1) is 26.1. The van der Waals surface area contributed by atoms with Crippen LogP contribution in [-0.4, -0.2) is 40.8 Å². The maximum Gasteiger partial charge on any atom is 0.354 e. The maximum absolute atomic E-state index is 15.5. The number of ether oxygens (including phenoxy) is 1. The Morgan fingerprint density at radius 3 is 2.58 bits per heavy atom. The van der Waals surface area contributed by atoms with E-state index >= 15 is 8.78 Å². The van der Waals surface area contributed by atoms with Gasteiger partial charge in [-0.3, -0.25) is 9.55 Å². The van der Waals surface area contributed by atoms with Gasteiger partial charge in [-0.05, 0) is 56.2 Å². The zero-order valence-corrected chi connectivity index (χ0v) is 22.7. The molecule has 0 N–H and O–H groups in total. The number of hydrogen-bond donors (Lipinski definition) is 0. The monoisotopic (exact) mass is 523 g/mol. The summed E-state index contributed by atoms with van der Waals surface area (Å²) in [7, 11) is 1.51. The standard InChI is InChI=1S/C29H35F2N5O2/c1-17(2)25-27(22(31)11-13-32-25)36-23-16-34(26-21(30)7-6-8-24(26)38-5)14-12-20(23)28(33-29(36)37)35-15-18(3)9-10-19(35)4/h6-8,11,13,17-19H,9-10,12,14-16H2,1-5H3/t18-,19-/m0/s1. The van der Waals surface area contributed by atoms with E-state index in [1.54, 1.807) is 12.1 Å². The number of aromatic nitrogens is 3. The van der Waals surface area contributed by atoms with Gasteiger partial charge in [0.05, 0.1) is 25.0 Å². The molecule has 3 aromatic rings. The van der Waals surface area contributed by atoms with Crippen molar-refractivity contribution >= 4 is 11.5 Å². The van der Waals surface area contributed by atoms with Gasteiger partial charge in [-0.25, -0.2) is 13.6 Å². The minimum atomic E-state index is -0.555. The number of para-hydroxylation sites is 1. The van der Waals surface area contributed by atoms with Crippen molar-refractivity contribution in [2.75, 3.05) is 30.0 Å². The lowest BCUT2D eigenvalue weighted by molar-refractivity contribution is 0.386. The Bertz CT molecular complexity index is 1410. The lowest BCUT2D eigenvalue weighted by atomic mass is 9.93. The molecule has 2 aromatic heterocycles. The molecule has 2 aliphatic rings. The number of methoxy groups -OCH3 is 1. The lowest BCUT2D eigenvalue weighted by Gasteiger charge is -2.41. The molecule has 1 saturated heterocycles. The summed E-state index contributed by atoms with van der Waals surface area (Å²) in [6.45, 7) is 9.69. The van der Waals surface area contributed by atoms with Crippen molar-refractivity contribution in [3.8, 4) is 11.4 Å². The Morgan fingerprint density at radius 1 is 1.08 bits per heavy atom. The quantitative estimate of drug-likeness (QED) is 0.457. The number of piperidine rings is 1. The van der Waals surface area contributed by atoms with Gasteiger partial charge in [-0.1, -0.05) is 26.8 Å². The summed E-state index contributed by atoms with van der Waals surface area (Å²) >= 11 is 0. The van der Waals surface area contributed by atoms with Gasteiger partial charge >= 0.3 is 5.69 Å². The number of anilines is 2. The first-order valence-electron chi connectivity index (χ1n) is 13.3. The number of hydrogen-bond acceptors (Lipinski definition) is 6. The predicted octanol–water partition coefficient (Wildman–Crippen LogP) is 5.23. The Morgan fingerprint density at radius 2 is 1.84 bits per heavy atom. The molecule has 0 amide bonds. The topological polar surface area (TPSA) is 63.5 Å². The van der Waals surface area contributed by atoms with Gasteiger partial charge in [-0.2, -0.15) is 4.98 Å². The maximum atomic E-state index is 15.5. The van der Waals surface area contributed by atoms with Crippen molar-refractivity contribution in [1.29, 1.82) is 0 Å². The van der Waals surface area contributed by atoms with Gasteiger partial charge in [0.2, 0.25) is 0 Å². The highest BCUT2D eigenvalue weighted by Crippen LogP contribution is 2.38.